The maximum atomic E-state index is 6.15. The van der Waals surface area contributed by atoms with Crippen LogP contribution >= 0.6 is 0 Å². The van der Waals surface area contributed by atoms with Gasteiger partial charge in [0, 0.05) is 6.20 Å². The molecule has 1 saturated carbocycles. The van der Waals surface area contributed by atoms with E-state index in [1.54, 1.807) is 0 Å². The summed E-state index contributed by atoms with van der Waals surface area (Å²) in [5.41, 5.74) is 8.40. The van der Waals surface area contributed by atoms with Crippen molar-refractivity contribution < 1.29 is 0 Å². The van der Waals surface area contributed by atoms with Gasteiger partial charge in [-0.15, -0.1) is 0 Å². The Morgan fingerprint density at radius 3 is 2.62 bits per heavy atom. The fourth-order valence-electron chi connectivity index (χ4n) is 1.74. The van der Waals surface area contributed by atoms with Crippen LogP contribution in [0.25, 0.3) is 0 Å². The van der Waals surface area contributed by atoms with E-state index in [2.05, 4.69) is 24.0 Å². The van der Waals surface area contributed by atoms with Crippen molar-refractivity contribution in [2.24, 2.45) is 5.73 Å². The maximum Gasteiger partial charge on any atom is 0.0602 e. The molecular weight excluding hydrogens is 160 g/mol. The normalized spacial score (nSPS) is 19.5. The van der Waals surface area contributed by atoms with Gasteiger partial charge in [-0.3, -0.25) is 4.98 Å². The molecule has 0 saturated heterocycles. The Balaban J connectivity index is 2.22. The average molecular weight is 176 g/mol. The Morgan fingerprint density at radius 2 is 2.23 bits per heavy atom. The second-order valence-corrected chi connectivity index (χ2v) is 3.91. The highest BCUT2D eigenvalue weighted by Crippen LogP contribution is 2.37. The molecular formula is C11H16N2. The van der Waals surface area contributed by atoms with E-state index in [9.17, 15) is 0 Å². The van der Waals surface area contributed by atoms with Crippen molar-refractivity contribution in [3.05, 3.63) is 29.6 Å². The standard InChI is InChI=1S/C11H16N2/c1-2-9-4-5-10(13-8-9)11(12)6-3-7-11/h4-5,8H,2-3,6-7,12H2,1H3. The highest BCUT2D eigenvalue weighted by Gasteiger charge is 2.35. The molecule has 0 bridgehead atoms. The SMILES string of the molecule is CCc1ccc(C2(N)CCC2)nc1. The minimum atomic E-state index is -0.105. The third kappa shape index (κ3) is 1.46. The van der Waals surface area contributed by atoms with Gasteiger partial charge in [0.15, 0.2) is 0 Å². The fraction of sp³-hybridized carbons (Fsp3) is 0.545. The topological polar surface area (TPSA) is 38.9 Å². The lowest BCUT2D eigenvalue weighted by Crippen LogP contribution is -2.43. The van der Waals surface area contributed by atoms with E-state index in [1.165, 1.54) is 12.0 Å². The summed E-state index contributed by atoms with van der Waals surface area (Å²) in [4.78, 5) is 4.42. The maximum absolute atomic E-state index is 6.15. The number of rotatable bonds is 2. The van der Waals surface area contributed by atoms with Crippen molar-refractivity contribution >= 4 is 0 Å². The Hall–Kier alpha value is -0.890. The Kier molecular flexibility index (Phi) is 2.08. The van der Waals surface area contributed by atoms with Gasteiger partial charge in [-0.2, -0.15) is 0 Å². The van der Waals surface area contributed by atoms with E-state index < -0.39 is 0 Å². The van der Waals surface area contributed by atoms with Gasteiger partial charge in [-0.1, -0.05) is 13.0 Å². The molecule has 1 aromatic heterocycles. The summed E-state index contributed by atoms with van der Waals surface area (Å²) in [7, 11) is 0. The highest BCUT2D eigenvalue weighted by atomic mass is 14.9. The lowest BCUT2D eigenvalue weighted by Gasteiger charge is -2.37. The Labute approximate surface area is 79.2 Å². The van der Waals surface area contributed by atoms with Gasteiger partial charge >= 0.3 is 0 Å². The number of hydrogen-bond donors (Lipinski definition) is 1. The van der Waals surface area contributed by atoms with E-state index in [0.717, 1.165) is 25.0 Å². The molecule has 2 nitrogen and oxygen atoms in total. The molecule has 0 aliphatic heterocycles. The average Bonchev–Trinajstić information content (AvgIpc) is 2.14. The first-order chi connectivity index (χ1) is 6.24. The van der Waals surface area contributed by atoms with Gasteiger partial charge in [-0.25, -0.2) is 0 Å². The van der Waals surface area contributed by atoms with Crippen LogP contribution in [0.3, 0.4) is 0 Å². The molecule has 2 N–H and O–H groups in total. The molecule has 0 spiro atoms. The first-order valence-electron chi connectivity index (χ1n) is 4.99. The Bertz CT molecular complexity index is 285. The van der Waals surface area contributed by atoms with Crippen LogP contribution in [0.5, 0.6) is 0 Å². The van der Waals surface area contributed by atoms with E-state index in [1.807, 2.05) is 6.20 Å². The van der Waals surface area contributed by atoms with E-state index in [0.29, 0.717) is 0 Å². The minimum absolute atomic E-state index is 0.105. The Morgan fingerprint density at radius 1 is 1.46 bits per heavy atom. The second-order valence-electron chi connectivity index (χ2n) is 3.91. The molecule has 2 rings (SSSR count). The molecule has 0 atom stereocenters. The number of pyridine rings is 1. The third-order valence-corrected chi connectivity index (χ3v) is 2.99. The lowest BCUT2D eigenvalue weighted by atomic mass is 9.75. The highest BCUT2D eigenvalue weighted by molar-refractivity contribution is 5.22. The molecule has 70 valence electrons. The van der Waals surface area contributed by atoms with Crippen LogP contribution in [0.1, 0.15) is 37.4 Å². The summed E-state index contributed by atoms with van der Waals surface area (Å²) in [6.07, 6.45) is 6.41. The van der Waals surface area contributed by atoms with E-state index in [-0.39, 0.29) is 5.54 Å². The lowest BCUT2D eigenvalue weighted by molar-refractivity contribution is 0.246. The number of nitrogens with two attached hydrogens (primary N) is 1. The van der Waals surface area contributed by atoms with Gasteiger partial charge in [0.2, 0.25) is 0 Å². The summed E-state index contributed by atoms with van der Waals surface area (Å²) in [6, 6.07) is 4.22. The summed E-state index contributed by atoms with van der Waals surface area (Å²) in [6.45, 7) is 2.14. The van der Waals surface area contributed by atoms with Crippen molar-refractivity contribution in [3.63, 3.8) is 0 Å². The predicted octanol–water partition coefficient (Wildman–Crippen LogP) is 1.98. The van der Waals surface area contributed by atoms with Crippen LogP contribution in [-0.4, -0.2) is 4.98 Å². The minimum Gasteiger partial charge on any atom is -0.320 e. The van der Waals surface area contributed by atoms with Crippen LogP contribution in [0.15, 0.2) is 18.3 Å². The molecule has 0 radical (unpaired) electrons. The first-order valence-corrected chi connectivity index (χ1v) is 4.99. The second kappa shape index (κ2) is 3.11. The van der Waals surface area contributed by atoms with Crippen molar-refractivity contribution in [2.45, 2.75) is 38.1 Å². The van der Waals surface area contributed by atoms with Gasteiger partial charge < -0.3 is 5.73 Å². The molecule has 1 aliphatic rings. The summed E-state index contributed by atoms with van der Waals surface area (Å²) < 4.78 is 0. The quantitative estimate of drug-likeness (QED) is 0.748. The molecule has 1 fully saturated rings. The predicted molar refractivity (Wildman–Crippen MR) is 53.3 cm³/mol. The molecule has 1 heterocycles. The van der Waals surface area contributed by atoms with Crippen LogP contribution in [0.4, 0.5) is 0 Å². The molecule has 13 heavy (non-hydrogen) atoms. The molecule has 1 aromatic rings. The number of hydrogen-bond acceptors (Lipinski definition) is 2. The van der Waals surface area contributed by atoms with Crippen LogP contribution in [0.2, 0.25) is 0 Å². The summed E-state index contributed by atoms with van der Waals surface area (Å²) >= 11 is 0. The van der Waals surface area contributed by atoms with Crippen LogP contribution < -0.4 is 5.73 Å². The van der Waals surface area contributed by atoms with Crippen LogP contribution in [-0.2, 0) is 12.0 Å². The molecule has 1 aliphatic carbocycles. The summed E-state index contributed by atoms with van der Waals surface area (Å²) in [5, 5.41) is 0. The third-order valence-electron chi connectivity index (χ3n) is 2.99. The number of aryl methyl sites for hydroxylation is 1. The summed E-state index contributed by atoms with van der Waals surface area (Å²) in [5.74, 6) is 0. The van der Waals surface area contributed by atoms with Gasteiger partial charge in [-0.05, 0) is 37.3 Å². The van der Waals surface area contributed by atoms with Crippen molar-refractivity contribution in [1.82, 2.24) is 4.98 Å². The van der Waals surface area contributed by atoms with E-state index >= 15 is 0 Å². The number of aromatic nitrogens is 1. The van der Waals surface area contributed by atoms with Gasteiger partial charge in [0.05, 0.1) is 11.2 Å². The molecule has 0 aromatic carbocycles. The molecule has 0 amide bonds. The fourth-order valence-corrected chi connectivity index (χ4v) is 1.74. The number of nitrogens with zero attached hydrogens (tertiary/aromatic N) is 1. The van der Waals surface area contributed by atoms with Gasteiger partial charge in [0.25, 0.3) is 0 Å². The monoisotopic (exact) mass is 176 g/mol. The van der Waals surface area contributed by atoms with E-state index in [4.69, 9.17) is 5.73 Å². The van der Waals surface area contributed by atoms with Crippen molar-refractivity contribution in [1.29, 1.82) is 0 Å². The zero-order valence-corrected chi connectivity index (χ0v) is 8.09. The largest absolute Gasteiger partial charge is 0.320 e. The molecule has 0 unspecified atom stereocenters. The van der Waals surface area contributed by atoms with Crippen molar-refractivity contribution in [2.75, 3.05) is 0 Å². The van der Waals surface area contributed by atoms with Crippen molar-refractivity contribution in [3.8, 4) is 0 Å². The van der Waals surface area contributed by atoms with Crippen LogP contribution in [0, 0.1) is 0 Å². The van der Waals surface area contributed by atoms with Gasteiger partial charge in [0.1, 0.15) is 0 Å². The molecule has 2 heteroatoms. The smallest absolute Gasteiger partial charge is 0.0602 e. The zero-order valence-electron chi connectivity index (χ0n) is 8.09. The first kappa shape index (κ1) is 8.70. The zero-order chi connectivity index (χ0) is 9.31.